The van der Waals surface area contributed by atoms with E-state index in [0.717, 1.165) is 29.9 Å². The maximum Gasteiger partial charge on any atom is 0.262 e. The molecule has 0 saturated heterocycles. The van der Waals surface area contributed by atoms with Crippen LogP contribution in [0.2, 0.25) is 0 Å². The Hall–Kier alpha value is -2.03. The van der Waals surface area contributed by atoms with Crippen LogP contribution in [0.25, 0.3) is 0 Å². The molecule has 0 aliphatic carbocycles. The van der Waals surface area contributed by atoms with Crippen molar-refractivity contribution in [3.63, 3.8) is 0 Å². The second-order valence-electron chi connectivity index (χ2n) is 6.34. The highest BCUT2D eigenvalue weighted by Gasteiger charge is 2.09. The third kappa shape index (κ3) is 10.1. The summed E-state index contributed by atoms with van der Waals surface area (Å²) in [6.07, 6.45) is 0. The summed E-state index contributed by atoms with van der Waals surface area (Å²) in [5.74, 6) is 0.878. The first-order chi connectivity index (χ1) is 13.6. The molecule has 0 radical (unpaired) electrons. The highest BCUT2D eigenvalue weighted by Crippen LogP contribution is 2.28. The first kappa shape index (κ1) is 28.0. The monoisotopic (exact) mass is 459 g/mol. The summed E-state index contributed by atoms with van der Waals surface area (Å²) in [6, 6.07) is 13.2. The number of aliphatic hydroxyl groups excluding tert-OH is 1. The van der Waals surface area contributed by atoms with Crippen molar-refractivity contribution in [2.75, 3.05) is 45.3 Å². The Labute approximate surface area is 190 Å². The Kier molecular flexibility index (Phi) is 14.7. The van der Waals surface area contributed by atoms with Gasteiger partial charge in [-0.15, -0.1) is 24.8 Å². The van der Waals surface area contributed by atoms with Gasteiger partial charge in [-0.3, -0.25) is 4.79 Å². The summed E-state index contributed by atoms with van der Waals surface area (Å²) in [5, 5.41) is 17.9. The van der Waals surface area contributed by atoms with Crippen molar-refractivity contribution < 1.29 is 19.4 Å². The Morgan fingerprint density at radius 2 is 1.67 bits per heavy atom. The number of amides is 1. The maximum atomic E-state index is 12.1. The number of aryl methyl sites for hydroxylation is 1. The molecule has 0 aromatic heterocycles. The van der Waals surface area contributed by atoms with E-state index < -0.39 is 0 Å². The predicted octanol–water partition coefficient (Wildman–Crippen LogP) is 2.54. The Bertz CT molecular complexity index is 746. The first-order valence-corrected chi connectivity index (χ1v) is 9.31. The van der Waals surface area contributed by atoms with Gasteiger partial charge in [-0.1, -0.05) is 23.8 Å². The molecule has 0 bridgehead atoms. The van der Waals surface area contributed by atoms with Crippen molar-refractivity contribution in [2.45, 2.75) is 13.5 Å². The summed E-state index contributed by atoms with van der Waals surface area (Å²) in [5.41, 5.74) is 2.92. The number of nitrogens with one attached hydrogen (secondary N) is 3. The smallest absolute Gasteiger partial charge is 0.262 e. The lowest BCUT2D eigenvalue weighted by Gasteiger charge is -2.13. The number of rotatable bonds is 12. The highest BCUT2D eigenvalue weighted by atomic mass is 35.5. The van der Waals surface area contributed by atoms with Crippen molar-refractivity contribution in [1.82, 2.24) is 10.6 Å². The molecule has 0 heterocycles. The average molecular weight is 460 g/mol. The van der Waals surface area contributed by atoms with Gasteiger partial charge in [0.1, 0.15) is 0 Å². The fraction of sp³-hybridized carbons (Fsp3) is 0.381. The standard InChI is InChI=1S/C21H29N3O4.2ClH/c1-16-3-6-18(7-4-16)24-21(26)15-28-19-8-5-17(13-20(19)27-2)14-23-10-9-22-11-12-25;;/h3-8,13,22-23,25H,9-12,14-15H2,1-2H3,(H,24,26);2*1H. The second-order valence-corrected chi connectivity index (χ2v) is 6.34. The number of aliphatic hydroxyl groups is 1. The fourth-order valence-electron chi connectivity index (χ4n) is 2.53. The van der Waals surface area contributed by atoms with Crippen molar-refractivity contribution >= 4 is 36.4 Å². The normalized spacial score (nSPS) is 9.83. The highest BCUT2D eigenvalue weighted by molar-refractivity contribution is 5.91. The zero-order valence-corrected chi connectivity index (χ0v) is 18.9. The van der Waals surface area contributed by atoms with E-state index in [2.05, 4.69) is 16.0 Å². The van der Waals surface area contributed by atoms with Crippen LogP contribution < -0.4 is 25.4 Å². The van der Waals surface area contributed by atoms with Gasteiger partial charge in [-0.05, 0) is 36.8 Å². The molecule has 0 aliphatic rings. The zero-order valence-electron chi connectivity index (χ0n) is 17.3. The van der Waals surface area contributed by atoms with Crippen LogP contribution in [-0.2, 0) is 11.3 Å². The molecule has 0 fully saturated rings. The van der Waals surface area contributed by atoms with Gasteiger partial charge in [0.05, 0.1) is 13.7 Å². The minimum absolute atomic E-state index is 0. The molecular formula is C21H31Cl2N3O4. The Morgan fingerprint density at radius 3 is 2.33 bits per heavy atom. The van der Waals surface area contributed by atoms with Crippen LogP contribution in [0.3, 0.4) is 0 Å². The van der Waals surface area contributed by atoms with E-state index in [0.29, 0.717) is 24.6 Å². The molecule has 0 saturated carbocycles. The molecule has 9 heteroatoms. The van der Waals surface area contributed by atoms with E-state index in [9.17, 15) is 4.79 Å². The lowest BCUT2D eigenvalue weighted by Crippen LogP contribution is -2.28. The largest absolute Gasteiger partial charge is 0.493 e. The number of ether oxygens (including phenoxy) is 2. The molecule has 2 aromatic rings. The third-order valence-electron chi connectivity index (χ3n) is 4.02. The van der Waals surface area contributed by atoms with Crippen LogP contribution in [0.5, 0.6) is 11.5 Å². The topological polar surface area (TPSA) is 91.8 Å². The molecule has 2 aromatic carbocycles. The van der Waals surface area contributed by atoms with Crippen molar-refractivity contribution in [2.24, 2.45) is 0 Å². The Balaban J connectivity index is 0.00000420. The fourth-order valence-corrected chi connectivity index (χ4v) is 2.53. The van der Waals surface area contributed by atoms with E-state index in [-0.39, 0.29) is 43.9 Å². The number of carbonyl (C=O) groups is 1. The van der Waals surface area contributed by atoms with Crippen molar-refractivity contribution in [3.8, 4) is 11.5 Å². The molecule has 1 amide bonds. The molecule has 7 nitrogen and oxygen atoms in total. The van der Waals surface area contributed by atoms with Crippen LogP contribution in [0.1, 0.15) is 11.1 Å². The number of carbonyl (C=O) groups excluding carboxylic acids is 1. The number of hydrogen-bond donors (Lipinski definition) is 4. The van der Waals surface area contributed by atoms with Crippen molar-refractivity contribution in [1.29, 1.82) is 0 Å². The van der Waals surface area contributed by atoms with E-state index in [4.69, 9.17) is 14.6 Å². The Morgan fingerprint density at radius 1 is 0.967 bits per heavy atom. The van der Waals surface area contributed by atoms with Crippen molar-refractivity contribution in [3.05, 3.63) is 53.6 Å². The maximum absolute atomic E-state index is 12.1. The van der Waals surface area contributed by atoms with Gasteiger partial charge in [0, 0.05) is 31.9 Å². The number of halogens is 2. The van der Waals surface area contributed by atoms with Gasteiger partial charge in [0.2, 0.25) is 0 Å². The SMILES string of the molecule is COc1cc(CNCCNCCO)ccc1OCC(=O)Nc1ccc(C)cc1.Cl.Cl. The van der Waals surface area contributed by atoms with Gasteiger partial charge in [0.15, 0.2) is 18.1 Å². The summed E-state index contributed by atoms with van der Waals surface area (Å²) in [7, 11) is 1.57. The number of anilines is 1. The predicted molar refractivity (Wildman–Crippen MR) is 124 cm³/mol. The van der Waals surface area contributed by atoms with Crippen LogP contribution in [-0.4, -0.2) is 51.0 Å². The number of benzene rings is 2. The zero-order chi connectivity index (χ0) is 20.2. The quantitative estimate of drug-likeness (QED) is 0.364. The second kappa shape index (κ2) is 15.8. The van der Waals surface area contributed by atoms with E-state index in [1.54, 1.807) is 13.2 Å². The minimum atomic E-state index is -0.230. The van der Waals surface area contributed by atoms with Gasteiger partial charge in [-0.25, -0.2) is 0 Å². The van der Waals surface area contributed by atoms with Gasteiger partial charge in [-0.2, -0.15) is 0 Å². The minimum Gasteiger partial charge on any atom is -0.493 e. The van der Waals surface area contributed by atoms with Crippen LogP contribution in [0, 0.1) is 6.92 Å². The lowest BCUT2D eigenvalue weighted by molar-refractivity contribution is -0.118. The summed E-state index contributed by atoms with van der Waals surface area (Å²) < 4.78 is 11.0. The number of hydrogen-bond acceptors (Lipinski definition) is 6. The molecule has 2 rings (SSSR count). The lowest BCUT2D eigenvalue weighted by atomic mass is 10.2. The van der Waals surface area contributed by atoms with Gasteiger partial charge in [0.25, 0.3) is 5.91 Å². The summed E-state index contributed by atoms with van der Waals surface area (Å²) in [4.78, 5) is 12.1. The molecule has 30 heavy (non-hydrogen) atoms. The molecule has 0 atom stereocenters. The van der Waals surface area contributed by atoms with E-state index in [1.165, 1.54) is 0 Å². The van der Waals surface area contributed by atoms with Crippen LogP contribution in [0.4, 0.5) is 5.69 Å². The molecule has 0 spiro atoms. The molecule has 0 aliphatic heterocycles. The molecular weight excluding hydrogens is 429 g/mol. The summed E-state index contributed by atoms with van der Waals surface area (Å²) in [6.45, 7) is 4.90. The molecule has 0 unspecified atom stereocenters. The number of methoxy groups -OCH3 is 1. The van der Waals surface area contributed by atoms with Crippen LogP contribution in [0.15, 0.2) is 42.5 Å². The van der Waals surface area contributed by atoms with Gasteiger partial charge < -0.3 is 30.5 Å². The van der Waals surface area contributed by atoms with Gasteiger partial charge >= 0.3 is 0 Å². The average Bonchev–Trinajstić information content (AvgIpc) is 2.71. The van der Waals surface area contributed by atoms with Crippen LogP contribution >= 0.6 is 24.8 Å². The van der Waals surface area contributed by atoms with E-state index in [1.807, 2.05) is 43.3 Å². The molecule has 4 N–H and O–H groups in total. The third-order valence-corrected chi connectivity index (χ3v) is 4.02. The molecule has 168 valence electrons. The van der Waals surface area contributed by atoms with E-state index >= 15 is 0 Å². The first-order valence-electron chi connectivity index (χ1n) is 9.31. The summed E-state index contributed by atoms with van der Waals surface area (Å²) >= 11 is 0.